The Morgan fingerprint density at radius 3 is 2.55 bits per heavy atom. The quantitative estimate of drug-likeness (QED) is 0.888. The van der Waals surface area contributed by atoms with Crippen LogP contribution in [0, 0.1) is 0 Å². The standard InChI is InChI=1S/C15H18N2O2S/c1-3-13-8-16-14(20-13)10-17(2)9-11-4-6-12(7-5-11)15(18)19/h4-8H,3,9-10H2,1-2H3,(H,18,19). The van der Waals surface area contributed by atoms with Crippen LogP contribution in [0.15, 0.2) is 30.5 Å². The minimum absolute atomic E-state index is 0.323. The fourth-order valence-corrected chi connectivity index (χ4v) is 2.88. The zero-order chi connectivity index (χ0) is 14.5. The molecule has 106 valence electrons. The van der Waals surface area contributed by atoms with E-state index in [2.05, 4.69) is 16.8 Å². The molecule has 0 aliphatic heterocycles. The van der Waals surface area contributed by atoms with E-state index < -0.39 is 5.97 Å². The van der Waals surface area contributed by atoms with Gasteiger partial charge in [-0.05, 0) is 31.2 Å². The van der Waals surface area contributed by atoms with Crippen LogP contribution in [0.4, 0.5) is 0 Å². The van der Waals surface area contributed by atoms with E-state index in [1.54, 1.807) is 23.5 Å². The Morgan fingerprint density at radius 2 is 2.00 bits per heavy atom. The molecule has 1 aromatic carbocycles. The molecule has 0 bridgehead atoms. The van der Waals surface area contributed by atoms with Gasteiger partial charge in [0.05, 0.1) is 12.1 Å². The molecular formula is C15H18N2O2S. The lowest BCUT2D eigenvalue weighted by Crippen LogP contribution is -2.17. The van der Waals surface area contributed by atoms with Crippen LogP contribution in [0.25, 0.3) is 0 Å². The van der Waals surface area contributed by atoms with Crippen molar-refractivity contribution in [2.45, 2.75) is 26.4 Å². The minimum Gasteiger partial charge on any atom is -0.478 e. The van der Waals surface area contributed by atoms with Gasteiger partial charge < -0.3 is 5.11 Å². The summed E-state index contributed by atoms with van der Waals surface area (Å²) in [6.45, 7) is 3.72. The van der Waals surface area contributed by atoms with Crippen LogP contribution in [0.2, 0.25) is 0 Å². The lowest BCUT2D eigenvalue weighted by atomic mass is 10.1. The van der Waals surface area contributed by atoms with Crippen molar-refractivity contribution in [3.8, 4) is 0 Å². The van der Waals surface area contributed by atoms with E-state index in [-0.39, 0.29) is 0 Å². The first-order chi connectivity index (χ1) is 9.58. The first-order valence-electron chi connectivity index (χ1n) is 6.53. The van der Waals surface area contributed by atoms with Crippen molar-refractivity contribution in [3.63, 3.8) is 0 Å². The van der Waals surface area contributed by atoms with Gasteiger partial charge in [0.1, 0.15) is 5.01 Å². The SMILES string of the molecule is CCc1cnc(CN(C)Cc2ccc(C(=O)O)cc2)s1. The molecule has 5 heteroatoms. The van der Waals surface area contributed by atoms with Gasteiger partial charge in [-0.3, -0.25) is 4.90 Å². The molecule has 1 N–H and O–H groups in total. The molecule has 0 saturated heterocycles. The number of nitrogens with zero attached hydrogens (tertiary/aromatic N) is 2. The van der Waals surface area contributed by atoms with Crippen LogP contribution in [0.3, 0.4) is 0 Å². The summed E-state index contributed by atoms with van der Waals surface area (Å²) < 4.78 is 0. The van der Waals surface area contributed by atoms with Crippen LogP contribution in [0.1, 0.15) is 32.7 Å². The number of carboxylic acid groups (broad SMARTS) is 1. The number of carboxylic acids is 1. The van der Waals surface area contributed by atoms with E-state index in [0.717, 1.165) is 30.1 Å². The molecule has 2 aromatic rings. The smallest absolute Gasteiger partial charge is 0.335 e. The van der Waals surface area contributed by atoms with Gasteiger partial charge in [-0.25, -0.2) is 9.78 Å². The topological polar surface area (TPSA) is 53.4 Å². The third-order valence-corrected chi connectivity index (χ3v) is 4.13. The molecule has 0 atom stereocenters. The summed E-state index contributed by atoms with van der Waals surface area (Å²) in [5.41, 5.74) is 1.42. The molecule has 0 amide bonds. The summed E-state index contributed by atoms with van der Waals surface area (Å²) in [6.07, 6.45) is 2.97. The van der Waals surface area contributed by atoms with Crippen molar-refractivity contribution >= 4 is 17.3 Å². The molecule has 0 aliphatic rings. The molecule has 2 rings (SSSR count). The molecule has 0 saturated carbocycles. The second-order valence-electron chi connectivity index (χ2n) is 4.75. The summed E-state index contributed by atoms with van der Waals surface area (Å²) in [5.74, 6) is -0.889. The normalized spacial score (nSPS) is 10.9. The van der Waals surface area contributed by atoms with Crippen LogP contribution >= 0.6 is 11.3 Å². The lowest BCUT2D eigenvalue weighted by molar-refractivity contribution is 0.0697. The second-order valence-corrected chi connectivity index (χ2v) is 5.95. The van der Waals surface area contributed by atoms with Crippen molar-refractivity contribution in [2.75, 3.05) is 7.05 Å². The second kappa shape index (κ2) is 6.63. The van der Waals surface area contributed by atoms with Gasteiger partial charge in [-0.2, -0.15) is 0 Å². The van der Waals surface area contributed by atoms with Gasteiger partial charge in [0.25, 0.3) is 0 Å². The van der Waals surface area contributed by atoms with E-state index in [4.69, 9.17) is 5.11 Å². The Balaban J connectivity index is 1.93. The van der Waals surface area contributed by atoms with E-state index in [9.17, 15) is 4.79 Å². The highest BCUT2D eigenvalue weighted by Crippen LogP contribution is 2.16. The highest BCUT2D eigenvalue weighted by molar-refractivity contribution is 7.11. The number of hydrogen-bond acceptors (Lipinski definition) is 4. The van der Waals surface area contributed by atoms with Crippen LogP contribution in [-0.2, 0) is 19.5 Å². The number of aromatic nitrogens is 1. The van der Waals surface area contributed by atoms with Crippen molar-refractivity contribution in [1.82, 2.24) is 9.88 Å². The Hall–Kier alpha value is -1.72. The first-order valence-corrected chi connectivity index (χ1v) is 7.34. The van der Waals surface area contributed by atoms with Crippen molar-refractivity contribution in [3.05, 3.63) is 51.5 Å². The number of thiazole rings is 1. The monoisotopic (exact) mass is 290 g/mol. The maximum Gasteiger partial charge on any atom is 0.335 e. The average Bonchev–Trinajstić information content (AvgIpc) is 2.86. The fourth-order valence-electron chi connectivity index (χ4n) is 1.94. The van der Waals surface area contributed by atoms with E-state index in [0.29, 0.717) is 5.56 Å². The Labute approximate surface area is 122 Å². The summed E-state index contributed by atoms with van der Waals surface area (Å²) in [5, 5.41) is 9.98. The van der Waals surface area contributed by atoms with E-state index in [1.807, 2.05) is 25.4 Å². The van der Waals surface area contributed by atoms with Gasteiger partial charge in [-0.15, -0.1) is 11.3 Å². The van der Waals surface area contributed by atoms with Gasteiger partial charge in [0.15, 0.2) is 0 Å². The molecule has 4 nitrogen and oxygen atoms in total. The number of aromatic carboxylic acids is 1. The van der Waals surface area contributed by atoms with E-state index >= 15 is 0 Å². The third kappa shape index (κ3) is 3.88. The zero-order valence-electron chi connectivity index (χ0n) is 11.7. The molecular weight excluding hydrogens is 272 g/mol. The highest BCUT2D eigenvalue weighted by atomic mass is 32.1. The third-order valence-electron chi connectivity index (χ3n) is 3.01. The fraction of sp³-hybridized carbons (Fsp3) is 0.333. The van der Waals surface area contributed by atoms with Crippen molar-refractivity contribution < 1.29 is 9.90 Å². The number of rotatable bonds is 6. The molecule has 0 radical (unpaired) electrons. The molecule has 1 heterocycles. The minimum atomic E-state index is -0.889. The highest BCUT2D eigenvalue weighted by Gasteiger charge is 2.07. The largest absolute Gasteiger partial charge is 0.478 e. The maximum atomic E-state index is 10.8. The van der Waals surface area contributed by atoms with Gasteiger partial charge in [-0.1, -0.05) is 19.1 Å². The van der Waals surface area contributed by atoms with Gasteiger partial charge in [0.2, 0.25) is 0 Å². The molecule has 1 aromatic heterocycles. The molecule has 0 unspecified atom stereocenters. The molecule has 0 spiro atoms. The van der Waals surface area contributed by atoms with Crippen LogP contribution in [-0.4, -0.2) is 28.0 Å². The first kappa shape index (κ1) is 14.7. The number of aryl methyl sites for hydroxylation is 1. The lowest BCUT2D eigenvalue weighted by Gasteiger charge is -2.15. The Morgan fingerprint density at radius 1 is 1.30 bits per heavy atom. The zero-order valence-corrected chi connectivity index (χ0v) is 12.5. The van der Waals surface area contributed by atoms with Crippen molar-refractivity contribution in [1.29, 1.82) is 0 Å². The van der Waals surface area contributed by atoms with Crippen LogP contribution in [0.5, 0.6) is 0 Å². The number of benzene rings is 1. The molecule has 0 aliphatic carbocycles. The average molecular weight is 290 g/mol. The molecule has 0 fully saturated rings. The predicted molar refractivity (Wildman–Crippen MR) is 80.1 cm³/mol. The Bertz CT molecular complexity index is 578. The van der Waals surface area contributed by atoms with Gasteiger partial charge >= 0.3 is 5.97 Å². The Kier molecular flexibility index (Phi) is 4.87. The van der Waals surface area contributed by atoms with Gasteiger partial charge in [0, 0.05) is 17.6 Å². The summed E-state index contributed by atoms with van der Waals surface area (Å²) in [4.78, 5) is 18.7. The number of hydrogen-bond donors (Lipinski definition) is 1. The summed E-state index contributed by atoms with van der Waals surface area (Å²) in [7, 11) is 2.04. The predicted octanol–water partition coefficient (Wildman–Crippen LogP) is 3.04. The maximum absolute atomic E-state index is 10.8. The van der Waals surface area contributed by atoms with Crippen molar-refractivity contribution in [2.24, 2.45) is 0 Å². The summed E-state index contributed by atoms with van der Waals surface area (Å²) in [6, 6.07) is 7.01. The van der Waals surface area contributed by atoms with E-state index in [1.165, 1.54) is 4.88 Å². The molecule has 20 heavy (non-hydrogen) atoms. The summed E-state index contributed by atoms with van der Waals surface area (Å²) >= 11 is 1.75. The van der Waals surface area contributed by atoms with Crippen LogP contribution < -0.4 is 0 Å². The number of carbonyl (C=O) groups is 1.